The Morgan fingerprint density at radius 1 is 1.05 bits per heavy atom. The van der Waals surface area contributed by atoms with E-state index in [1.54, 1.807) is 0 Å². The molecule has 3 N–H and O–H groups in total. The predicted molar refractivity (Wildman–Crippen MR) is 130 cm³/mol. The highest BCUT2D eigenvalue weighted by Crippen LogP contribution is 2.36. The normalized spacial score (nSPS) is 17.1. The molecule has 0 aromatic heterocycles. The Bertz CT molecular complexity index is 1110. The number of anilines is 1. The number of hydrogen-bond acceptors (Lipinski definition) is 5. The molecule has 37 heavy (non-hydrogen) atoms. The zero-order valence-corrected chi connectivity index (χ0v) is 21.1. The number of likely N-dealkylation sites (tertiary alicyclic amines) is 1. The lowest BCUT2D eigenvalue weighted by Gasteiger charge is -2.43. The first-order valence-corrected chi connectivity index (χ1v) is 12.1. The number of rotatable bonds is 5. The molecule has 0 aliphatic carbocycles. The fourth-order valence-electron chi connectivity index (χ4n) is 4.22. The van der Waals surface area contributed by atoms with E-state index in [4.69, 9.17) is 9.90 Å². The third kappa shape index (κ3) is 7.19. The minimum absolute atomic E-state index is 0.0923. The summed E-state index contributed by atoms with van der Waals surface area (Å²) in [6.45, 7) is 3.31. The van der Waals surface area contributed by atoms with Gasteiger partial charge in [-0.15, -0.1) is 0 Å². The maximum absolute atomic E-state index is 13.0. The van der Waals surface area contributed by atoms with Crippen molar-refractivity contribution in [3.05, 3.63) is 64.4 Å². The minimum atomic E-state index is -5.08. The van der Waals surface area contributed by atoms with Crippen molar-refractivity contribution in [2.45, 2.75) is 24.6 Å². The average molecular weight is 589 g/mol. The Labute approximate surface area is 218 Å². The van der Waals surface area contributed by atoms with Crippen LogP contribution in [-0.2, 0) is 9.59 Å². The number of carbonyl (C=O) groups is 3. The molecule has 0 unspecified atom stereocenters. The summed E-state index contributed by atoms with van der Waals surface area (Å²) in [5.74, 6) is -3.23. The van der Waals surface area contributed by atoms with Crippen molar-refractivity contribution in [3.8, 4) is 0 Å². The van der Waals surface area contributed by atoms with Crippen LogP contribution >= 0.6 is 15.9 Å². The lowest BCUT2D eigenvalue weighted by Crippen LogP contribution is -2.57. The number of hydrogen-bond donors (Lipinski definition) is 3. The summed E-state index contributed by atoms with van der Waals surface area (Å²) in [6, 6.07) is 13.6. The largest absolute Gasteiger partial charge is 0.490 e. The molecule has 0 bridgehead atoms. The van der Waals surface area contributed by atoms with Gasteiger partial charge in [-0.3, -0.25) is 9.59 Å². The fourth-order valence-corrected chi connectivity index (χ4v) is 4.49. The van der Waals surface area contributed by atoms with E-state index in [1.807, 2.05) is 24.3 Å². The van der Waals surface area contributed by atoms with Gasteiger partial charge >= 0.3 is 12.1 Å². The average Bonchev–Trinajstić information content (AvgIpc) is 3.16. The Morgan fingerprint density at radius 2 is 1.62 bits per heavy atom. The molecular formula is C24H25BrF4N4O4. The van der Waals surface area contributed by atoms with Gasteiger partial charge in [-0.1, -0.05) is 15.9 Å². The highest BCUT2D eigenvalue weighted by Gasteiger charge is 2.50. The summed E-state index contributed by atoms with van der Waals surface area (Å²) in [6.07, 6.45) is -3.61. The Hall–Kier alpha value is -3.19. The maximum Gasteiger partial charge on any atom is 0.490 e. The van der Waals surface area contributed by atoms with Gasteiger partial charge in [0.2, 0.25) is 5.91 Å². The summed E-state index contributed by atoms with van der Waals surface area (Å²) in [5, 5.41) is 13.0. The standard InChI is InChI=1S/C22H24BrFN4O2.C2HF3O2/c23-17-3-7-19(8-4-17)28-15-26-21(30)22(28)9-12-27(13-10-22)14-11-25-20(29)16-1-5-18(24)6-2-16;3-2(4,5)1(6)7/h1-8H,9-15H2,(H,25,29)(H,26,30);(H,6,7). The van der Waals surface area contributed by atoms with Gasteiger partial charge in [-0.25, -0.2) is 9.18 Å². The molecule has 2 saturated heterocycles. The number of alkyl halides is 3. The van der Waals surface area contributed by atoms with Crippen molar-refractivity contribution in [2.75, 3.05) is 37.7 Å². The number of halogens is 5. The number of carboxylic acids is 1. The van der Waals surface area contributed by atoms with Gasteiger partial charge < -0.3 is 25.5 Å². The quantitative estimate of drug-likeness (QED) is 0.463. The molecule has 2 aromatic rings. The molecule has 2 aromatic carbocycles. The van der Waals surface area contributed by atoms with Gasteiger partial charge in [0.1, 0.15) is 11.4 Å². The van der Waals surface area contributed by atoms with E-state index in [1.165, 1.54) is 24.3 Å². The van der Waals surface area contributed by atoms with Crippen molar-refractivity contribution < 1.29 is 37.1 Å². The molecule has 4 rings (SSSR count). The number of nitrogens with one attached hydrogen (secondary N) is 2. The summed E-state index contributed by atoms with van der Waals surface area (Å²) < 4.78 is 45.7. The van der Waals surface area contributed by atoms with E-state index in [0.717, 1.165) is 36.1 Å². The van der Waals surface area contributed by atoms with Crippen LogP contribution < -0.4 is 15.5 Å². The second-order valence-electron chi connectivity index (χ2n) is 8.51. The Morgan fingerprint density at radius 3 is 2.16 bits per heavy atom. The SMILES string of the molecule is O=C(NCCN1CCC2(CC1)C(=O)NCN2c1ccc(Br)cc1)c1ccc(F)cc1.O=C(O)C(F)(F)F. The first-order chi connectivity index (χ1) is 17.4. The lowest BCUT2D eigenvalue weighted by atomic mass is 9.85. The molecule has 0 atom stereocenters. The van der Waals surface area contributed by atoms with Crippen LogP contribution in [0.25, 0.3) is 0 Å². The Kier molecular flexibility index (Phi) is 9.13. The molecule has 8 nitrogen and oxygen atoms in total. The maximum atomic E-state index is 13.0. The van der Waals surface area contributed by atoms with E-state index in [0.29, 0.717) is 25.3 Å². The fraction of sp³-hybridized carbons (Fsp3) is 0.375. The van der Waals surface area contributed by atoms with Crippen LogP contribution in [0.4, 0.5) is 23.2 Å². The molecule has 2 amide bonds. The number of nitrogens with zero attached hydrogens (tertiary/aromatic N) is 2. The predicted octanol–water partition coefficient (Wildman–Crippen LogP) is 3.38. The third-order valence-corrected chi connectivity index (χ3v) is 6.75. The number of aliphatic carboxylic acids is 1. The second kappa shape index (κ2) is 11.9. The van der Waals surface area contributed by atoms with Crippen LogP contribution in [0.5, 0.6) is 0 Å². The zero-order valence-electron chi connectivity index (χ0n) is 19.5. The molecule has 1 spiro atoms. The van der Waals surface area contributed by atoms with E-state index in [-0.39, 0.29) is 17.6 Å². The monoisotopic (exact) mass is 588 g/mol. The van der Waals surface area contributed by atoms with Crippen LogP contribution in [0.1, 0.15) is 23.2 Å². The molecule has 0 radical (unpaired) electrons. The van der Waals surface area contributed by atoms with Crippen molar-refractivity contribution in [1.82, 2.24) is 15.5 Å². The van der Waals surface area contributed by atoms with Gasteiger partial charge in [-0.05, 0) is 61.4 Å². The molecule has 2 heterocycles. The van der Waals surface area contributed by atoms with Crippen LogP contribution in [-0.4, -0.2) is 72.4 Å². The van der Waals surface area contributed by atoms with E-state index in [9.17, 15) is 27.2 Å². The topological polar surface area (TPSA) is 102 Å². The van der Waals surface area contributed by atoms with E-state index >= 15 is 0 Å². The van der Waals surface area contributed by atoms with Crippen molar-refractivity contribution in [1.29, 1.82) is 0 Å². The first kappa shape index (κ1) is 28.4. The van der Waals surface area contributed by atoms with Gasteiger partial charge in [0.05, 0.1) is 6.67 Å². The third-order valence-electron chi connectivity index (χ3n) is 6.22. The lowest BCUT2D eigenvalue weighted by molar-refractivity contribution is -0.192. The summed E-state index contributed by atoms with van der Waals surface area (Å²) in [5.41, 5.74) is 0.972. The zero-order chi connectivity index (χ0) is 27.2. The summed E-state index contributed by atoms with van der Waals surface area (Å²) in [4.78, 5) is 38.2. The number of carboxylic acid groups (broad SMARTS) is 1. The van der Waals surface area contributed by atoms with Crippen LogP contribution in [0.15, 0.2) is 53.0 Å². The van der Waals surface area contributed by atoms with Crippen LogP contribution in [0.3, 0.4) is 0 Å². The van der Waals surface area contributed by atoms with Crippen molar-refractivity contribution >= 4 is 39.4 Å². The second-order valence-corrected chi connectivity index (χ2v) is 9.42. The van der Waals surface area contributed by atoms with Crippen LogP contribution in [0.2, 0.25) is 0 Å². The molecule has 2 fully saturated rings. The number of carbonyl (C=O) groups excluding carboxylic acids is 2. The van der Waals surface area contributed by atoms with E-state index in [2.05, 4.69) is 36.4 Å². The van der Waals surface area contributed by atoms with Crippen LogP contribution in [0, 0.1) is 5.82 Å². The summed E-state index contributed by atoms with van der Waals surface area (Å²) >= 11 is 3.46. The first-order valence-electron chi connectivity index (χ1n) is 11.3. The number of piperidine rings is 1. The van der Waals surface area contributed by atoms with Gasteiger partial charge in [-0.2, -0.15) is 13.2 Å². The smallest absolute Gasteiger partial charge is 0.475 e. The Balaban J connectivity index is 0.000000479. The molecule has 13 heteroatoms. The van der Waals surface area contributed by atoms with E-state index < -0.39 is 17.7 Å². The molecule has 200 valence electrons. The van der Waals surface area contributed by atoms with Crippen molar-refractivity contribution in [3.63, 3.8) is 0 Å². The molecule has 0 saturated carbocycles. The van der Waals surface area contributed by atoms with Gasteiger partial charge in [0.25, 0.3) is 5.91 Å². The highest BCUT2D eigenvalue weighted by molar-refractivity contribution is 9.10. The van der Waals surface area contributed by atoms with Crippen molar-refractivity contribution in [2.24, 2.45) is 0 Å². The number of benzene rings is 2. The van der Waals surface area contributed by atoms with Gasteiger partial charge in [0.15, 0.2) is 0 Å². The highest BCUT2D eigenvalue weighted by atomic mass is 79.9. The molecular weight excluding hydrogens is 564 g/mol. The molecule has 2 aliphatic heterocycles. The minimum Gasteiger partial charge on any atom is -0.475 e. The summed E-state index contributed by atoms with van der Waals surface area (Å²) in [7, 11) is 0. The molecule has 2 aliphatic rings. The van der Waals surface area contributed by atoms with Gasteiger partial charge in [0, 0.05) is 41.9 Å². The number of amides is 2.